The molecule has 1 aromatic rings. The van der Waals surface area contributed by atoms with E-state index < -0.39 is 5.60 Å². The standard InChI is InChI=1S/C23H37N3O4/c1-17-15-25-19(20(17)26-22(28)30-23(2,3)4)13-9-6-10-14-24-21(27)29-16-18-11-7-5-8-12-18/h5,7-8,11-12,17,19-20,25H,6,9-10,13-16H2,1-4H3,(H,24,27)(H,26,28)/t17?,19-,20?/m0/s1. The van der Waals surface area contributed by atoms with Crippen molar-refractivity contribution in [1.82, 2.24) is 16.0 Å². The van der Waals surface area contributed by atoms with Gasteiger partial charge in [-0.3, -0.25) is 0 Å². The lowest BCUT2D eigenvalue weighted by atomic mass is 9.96. The van der Waals surface area contributed by atoms with Crippen LogP contribution in [0.1, 0.15) is 58.9 Å². The molecule has 0 bridgehead atoms. The Kier molecular flexibility index (Phi) is 9.43. The Labute approximate surface area is 180 Å². The van der Waals surface area contributed by atoms with Crippen molar-refractivity contribution in [2.75, 3.05) is 13.1 Å². The van der Waals surface area contributed by atoms with Crippen LogP contribution in [0.15, 0.2) is 30.3 Å². The molecule has 168 valence electrons. The van der Waals surface area contributed by atoms with Gasteiger partial charge in [0, 0.05) is 19.1 Å². The van der Waals surface area contributed by atoms with E-state index in [1.165, 1.54) is 0 Å². The van der Waals surface area contributed by atoms with Gasteiger partial charge in [0.05, 0.1) is 6.04 Å². The van der Waals surface area contributed by atoms with Gasteiger partial charge in [0.1, 0.15) is 12.2 Å². The van der Waals surface area contributed by atoms with Crippen LogP contribution in [-0.2, 0) is 16.1 Å². The molecule has 2 unspecified atom stereocenters. The Morgan fingerprint density at radius 2 is 1.83 bits per heavy atom. The fraction of sp³-hybridized carbons (Fsp3) is 0.652. The molecule has 2 rings (SSSR count). The summed E-state index contributed by atoms with van der Waals surface area (Å²) in [5, 5.41) is 9.33. The third kappa shape index (κ3) is 9.03. The highest BCUT2D eigenvalue weighted by Gasteiger charge is 2.34. The number of carbonyl (C=O) groups excluding carboxylic acids is 2. The van der Waals surface area contributed by atoms with Gasteiger partial charge in [-0.1, -0.05) is 50.1 Å². The van der Waals surface area contributed by atoms with Gasteiger partial charge in [0.2, 0.25) is 0 Å². The largest absolute Gasteiger partial charge is 0.445 e. The molecule has 30 heavy (non-hydrogen) atoms. The number of amides is 2. The number of alkyl carbamates (subject to hydrolysis) is 2. The van der Waals surface area contributed by atoms with Gasteiger partial charge in [-0.15, -0.1) is 0 Å². The first-order valence-corrected chi connectivity index (χ1v) is 10.9. The molecule has 1 heterocycles. The molecule has 1 aliphatic heterocycles. The Morgan fingerprint density at radius 1 is 1.10 bits per heavy atom. The Morgan fingerprint density at radius 3 is 2.53 bits per heavy atom. The zero-order valence-electron chi connectivity index (χ0n) is 18.7. The maximum atomic E-state index is 12.1. The normalized spacial score (nSPS) is 21.1. The highest BCUT2D eigenvalue weighted by atomic mass is 16.6. The first kappa shape index (κ1) is 24.0. The van der Waals surface area contributed by atoms with Gasteiger partial charge >= 0.3 is 12.2 Å². The molecule has 3 atom stereocenters. The monoisotopic (exact) mass is 419 g/mol. The van der Waals surface area contributed by atoms with Crippen LogP contribution in [0.25, 0.3) is 0 Å². The molecule has 7 heteroatoms. The Balaban J connectivity index is 1.57. The quantitative estimate of drug-likeness (QED) is 0.527. The number of nitrogens with one attached hydrogen (secondary N) is 3. The first-order valence-electron chi connectivity index (χ1n) is 10.9. The van der Waals surface area contributed by atoms with E-state index in [0.717, 1.165) is 37.8 Å². The molecule has 1 aromatic carbocycles. The molecule has 0 aromatic heterocycles. The van der Waals surface area contributed by atoms with Gasteiger partial charge in [-0.25, -0.2) is 9.59 Å². The summed E-state index contributed by atoms with van der Waals surface area (Å²) < 4.78 is 10.6. The predicted molar refractivity (Wildman–Crippen MR) is 117 cm³/mol. The zero-order chi connectivity index (χ0) is 22.0. The summed E-state index contributed by atoms with van der Waals surface area (Å²) in [6, 6.07) is 9.95. The number of hydrogen-bond donors (Lipinski definition) is 3. The SMILES string of the molecule is CC1CN[C@@H](CCCCCNC(=O)OCc2ccccc2)C1NC(=O)OC(C)(C)C. The van der Waals surface area contributed by atoms with E-state index in [1.54, 1.807) is 0 Å². The molecule has 0 aliphatic carbocycles. The van der Waals surface area contributed by atoms with E-state index in [1.807, 2.05) is 51.1 Å². The molecule has 3 N–H and O–H groups in total. The number of ether oxygens (including phenoxy) is 2. The number of hydrogen-bond acceptors (Lipinski definition) is 5. The van der Waals surface area contributed by atoms with Crippen LogP contribution in [0.5, 0.6) is 0 Å². The smallest absolute Gasteiger partial charge is 0.407 e. The molecule has 2 amide bonds. The molecule has 7 nitrogen and oxygen atoms in total. The highest BCUT2D eigenvalue weighted by Crippen LogP contribution is 2.20. The van der Waals surface area contributed by atoms with E-state index >= 15 is 0 Å². The van der Waals surface area contributed by atoms with Crippen LogP contribution < -0.4 is 16.0 Å². The molecule has 0 radical (unpaired) electrons. The molecule has 0 spiro atoms. The van der Waals surface area contributed by atoms with Crippen LogP contribution in [0, 0.1) is 5.92 Å². The fourth-order valence-electron chi connectivity index (χ4n) is 3.59. The molecular weight excluding hydrogens is 382 g/mol. The number of rotatable bonds is 9. The van der Waals surface area contributed by atoms with Crippen molar-refractivity contribution in [2.24, 2.45) is 5.92 Å². The molecular formula is C23H37N3O4. The second-order valence-electron chi connectivity index (χ2n) is 9.00. The van der Waals surface area contributed by atoms with Crippen molar-refractivity contribution in [2.45, 2.75) is 77.7 Å². The van der Waals surface area contributed by atoms with Crippen molar-refractivity contribution in [3.05, 3.63) is 35.9 Å². The molecule has 1 fully saturated rings. The van der Waals surface area contributed by atoms with E-state index in [9.17, 15) is 9.59 Å². The average Bonchev–Trinajstić information content (AvgIpc) is 3.02. The van der Waals surface area contributed by atoms with Gasteiger partial charge in [0.25, 0.3) is 0 Å². The minimum atomic E-state index is -0.496. The maximum Gasteiger partial charge on any atom is 0.407 e. The van der Waals surface area contributed by atoms with Crippen LogP contribution in [0.4, 0.5) is 9.59 Å². The van der Waals surface area contributed by atoms with Gasteiger partial charge in [0.15, 0.2) is 0 Å². The summed E-state index contributed by atoms with van der Waals surface area (Å²) in [7, 11) is 0. The number of benzene rings is 1. The van der Waals surface area contributed by atoms with Crippen LogP contribution in [-0.4, -0.2) is 43.0 Å². The lowest BCUT2D eigenvalue weighted by molar-refractivity contribution is 0.0488. The average molecular weight is 420 g/mol. The summed E-state index contributed by atoms with van der Waals surface area (Å²) in [5.74, 6) is 0.364. The molecule has 1 aliphatic rings. The van der Waals surface area contributed by atoms with E-state index in [0.29, 0.717) is 12.5 Å². The zero-order valence-corrected chi connectivity index (χ0v) is 18.7. The van der Waals surface area contributed by atoms with Crippen molar-refractivity contribution in [1.29, 1.82) is 0 Å². The van der Waals surface area contributed by atoms with Crippen LogP contribution in [0.2, 0.25) is 0 Å². The minimum absolute atomic E-state index is 0.0749. The molecule has 1 saturated heterocycles. The van der Waals surface area contributed by atoms with Gasteiger partial charge in [-0.05, 0) is 45.1 Å². The van der Waals surface area contributed by atoms with E-state index in [2.05, 4.69) is 22.9 Å². The van der Waals surface area contributed by atoms with Crippen LogP contribution >= 0.6 is 0 Å². The summed E-state index contributed by atoms with van der Waals surface area (Å²) in [6.45, 7) is 9.51. The second-order valence-corrected chi connectivity index (χ2v) is 9.00. The predicted octanol–water partition coefficient (Wildman–Crippen LogP) is 3.97. The summed E-state index contributed by atoms with van der Waals surface area (Å²) in [6.07, 6.45) is 3.16. The Bertz CT molecular complexity index is 660. The van der Waals surface area contributed by atoms with Crippen LogP contribution in [0.3, 0.4) is 0 Å². The van der Waals surface area contributed by atoms with Crippen molar-refractivity contribution in [3.8, 4) is 0 Å². The number of unbranched alkanes of at least 4 members (excludes halogenated alkanes) is 2. The van der Waals surface area contributed by atoms with Crippen molar-refractivity contribution in [3.63, 3.8) is 0 Å². The van der Waals surface area contributed by atoms with E-state index in [4.69, 9.17) is 9.47 Å². The van der Waals surface area contributed by atoms with Crippen molar-refractivity contribution < 1.29 is 19.1 Å². The topological polar surface area (TPSA) is 88.7 Å². The van der Waals surface area contributed by atoms with Gasteiger partial charge in [-0.2, -0.15) is 0 Å². The Hall–Kier alpha value is -2.28. The lowest BCUT2D eigenvalue weighted by Gasteiger charge is -2.26. The first-order chi connectivity index (χ1) is 14.2. The van der Waals surface area contributed by atoms with Gasteiger partial charge < -0.3 is 25.4 Å². The third-order valence-electron chi connectivity index (χ3n) is 5.11. The summed E-state index contributed by atoms with van der Waals surface area (Å²) >= 11 is 0. The lowest BCUT2D eigenvalue weighted by Crippen LogP contribution is -2.47. The third-order valence-corrected chi connectivity index (χ3v) is 5.11. The van der Waals surface area contributed by atoms with E-state index in [-0.39, 0.29) is 30.9 Å². The highest BCUT2D eigenvalue weighted by molar-refractivity contribution is 5.68. The fourth-order valence-corrected chi connectivity index (χ4v) is 3.59. The minimum Gasteiger partial charge on any atom is -0.445 e. The second kappa shape index (κ2) is 11.8. The maximum absolute atomic E-state index is 12.1. The summed E-state index contributed by atoms with van der Waals surface area (Å²) in [5.41, 5.74) is 0.477. The summed E-state index contributed by atoms with van der Waals surface area (Å²) in [4.78, 5) is 23.9. The molecule has 0 saturated carbocycles. The van der Waals surface area contributed by atoms with Crippen molar-refractivity contribution >= 4 is 12.2 Å². The number of carbonyl (C=O) groups is 2.